The predicted molar refractivity (Wildman–Crippen MR) is 79.4 cm³/mol. The zero-order valence-electron chi connectivity index (χ0n) is 13.0. The summed E-state index contributed by atoms with van der Waals surface area (Å²) >= 11 is 0. The average molecular weight is 293 g/mol. The zero-order valence-corrected chi connectivity index (χ0v) is 13.8. The molecule has 0 aromatic rings. The quantitative estimate of drug-likeness (QED) is 0.547. The van der Waals surface area contributed by atoms with E-state index in [4.69, 9.17) is 4.74 Å². The first-order valence-electron chi connectivity index (χ1n) is 6.14. The Morgan fingerprint density at radius 2 is 1.63 bits per heavy atom. The second kappa shape index (κ2) is 6.56. The molecule has 0 rings (SSSR count). The van der Waals surface area contributed by atoms with Crippen LogP contribution in [0.25, 0.3) is 0 Å². The van der Waals surface area contributed by atoms with Crippen LogP contribution in [-0.2, 0) is 14.6 Å². The lowest BCUT2D eigenvalue weighted by atomic mass is 10.1. The molecule has 0 heterocycles. The van der Waals surface area contributed by atoms with Gasteiger partial charge in [-0.25, -0.2) is 8.42 Å². The van der Waals surface area contributed by atoms with Gasteiger partial charge in [-0.05, 0) is 27.7 Å². The molecule has 19 heavy (non-hydrogen) atoms. The molecule has 0 bridgehead atoms. The third-order valence-electron chi connectivity index (χ3n) is 3.14. The Morgan fingerprint density at radius 3 is 2.00 bits per heavy atom. The second-order valence-corrected chi connectivity index (χ2v) is 8.42. The number of rotatable bonds is 6. The number of guanidine groups is 1. The Bertz CT molecular complexity index is 414. The van der Waals surface area contributed by atoms with E-state index in [1.165, 1.54) is 6.26 Å². The summed E-state index contributed by atoms with van der Waals surface area (Å²) < 4.78 is 27.6. The summed E-state index contributed by atoms with van der Waals surface area (Å²) in [5.74, 6) is 0.557. The van der Waals surface area contributed by atoms with Crippen LogP contribution in [0.4, 0.5) is 0 Å². The summed E-state index contributed by atoms with van der Waals surface area (Å²) in [5, 5.41) is 6.12. The van der Waals surface area contributed by atoms with Crippen LogP contribution in [0.2, 0.25) is 0 Å². The number of nitrogens with zero attached hydrogens (tertiary/aromatic N) is 1. The van der Waals surface area contributed by atoms with Crippen molar-refractivity contribution < 1.29 is 13.2 Å². The minimum Gasteiger partial charge on any atom is -0.377 e. The number of hydrogen-bond donors (Lipinski definition) is 2. The van der Waals surface area contributed by atoms with Crippen molar-refractivity contribution in [3.63, 3.8) is 0 Å². The molecule has 0 radical (unpaired) electrons. The van der Waals surface area contributed by atoms with Gasteiger partial charge in [0, 0.05) is 33.5 Å². The number of sulfone groups is 1. The van der Waals surface area contributed by atoms with Gasteiger partial charge in [-0.2, -0.15) is 0 Å². The van der Waals surface area contributed by atoms with Crippen molar-refractivity contribution in [2.45, 2.75) is 38.0 Å². The predicted octanol–water partition coefficient (Wildman–Crippen LogP) is 0.400. The summed E-state index contributed by atoms with van der Waals surface area (Å²) in [4.78, 5) is 4.05. The van der Waals surface area contributed by atoms with Gasteiger partial charge in [0.2, 0.25) is 0 Å². The first-order valence-corrected chi connectivity index (χ1v) is 8.03. The molecule has 7 heteroatoms. The molecular weight excluding hydrogens is 266 g/mol. The van der Waals surface area contributed by atoms with E-state index in [-0.39, 0.29) is 5.60 Å². The lowest BCUT2D eigenvalue weighted by molar-refractivity contribution is 0.0268. The fourth-order valence-corrected chi connectivity index (χ4v) is 1.35. The van der Waals surface area contributed by atoms with E-state index in [0.29, 0.717) is 19.0 Å². The molecule has 0 aromatic carbocycles. The van der Waals surface area contributed by atoms with E-state index < -0.39 is 14.6 Å². The van der Waals surface area contributed by atoms with Crippen LogP contribution in [0.3, 0.4) is 0 Å². The third-order valence-corrected chi connectivity index (χ3v) is 5.29. The van der Waals surface area contributed by atoms with Crippen LogP contribution in [0, 0.1) is 0 Å². The highest BCUT2D eigenvalue weighted by atomic mass is 32.2. The van der Waals surface area contributed by atoms with E-state index in [9.17, 15) is 8.42 Å². The molecule has 0 aromatic heterocycles. The van der Waals surface area contributed by atoms with Crippen LogP contribution in [0.5, 0.6) is 0 Å². The maximum Gasteiger partial charge on any atom is 0.191 e. The summed E-state index contributed by atoms with van der Waals surface area (Å²) in [7, 11) is 0.161. The van der Waals surface area contributed by atoms with Gasteiger partial charge in [0.1, 0.15) is 0 Å². The number of methoxy groups -OCH3 is 1. The lowest BCUT2D eigenvalue weighted by Crippen LogP contribution is -2.50. The highest BCUT2D eigenvalue weighted by Gasteiger charge is 2.30. The maximum atomic E-state index is 11.6. The molecular formula is C12H27N3O3S. The zero-order chi connectivity index (χ0) is 15.3. The van der Waals surface area contributed by atoms with Crippen LogP contribution >= 0.6 is 0 Å². The van der Waals surface area contributed by atoms with Gasteiger partial charge in [0.15, 0.2) is 15.8 Å². The van der Waals surface area contributed by atoms with Crippen LogP contribution in [-0.4, -0.2) is 58.2 Å². The Labute approximate surface area is 116 Å². The molecule has 0 atom stereocenters. The standard InChI is InChI=1S/C12H27N3O3S/c1-11(2,18-6)8-14-10(13-5)15-9-12(3,4)19(7,16)17/h8-9H2,1-7H3,(H2,13,14,15). The van der Waals surface area contributed by atoms with Gasteiger partial charge < -0.3 is 15.4 Å². The van der Waals surface area contributed by atoms with Crippen molar-refractivity contribution in [1.82, 2.24) is 10.6 Å². The van der Waals surface area contributed by atoms with Gasteiger partial charge in [0.05, 0.1) is 10.3 Å². The van der Waals surface area contributed by atoms with Gasteiger partial charge >= 0.3 is 0 Å². The van der Waals surface area contributed by atoms with Crippen molar-refractivity contribution in [3.05, 3.63) is 0 Å². The fourth-order valence-electron chi connectivity index (χ4n) is 1.02. The second-order valence-electron chi connectivity index (χ2n) is 5.77. The number of aliphatic imine (C=N–C) groups is 1. The Morgan fingerprint density at radius 1 is 1.16 bits per heavy atom. The molecule has 0 aliphatic carbocycles. The van der Waals surface area contributed by atoms with E-state index in [1.807, 2.05) is 13.8 Å². The molecule has 114 valence electrons. The first kappa shape index (κ1) is 18.2. The van der Waals surface area contributed by atoms with Gasteiger partial charge in [-0.1, -0.05) is 0 Å². The fraction of sp³-hybridized carbons (Fsp3) is 0.917. The third kappa shape index (κ3) is 6.24. The molecule has 0 spiro atoms. The molecule has 0 unspecified atom stereocenters. The monoisotopic (exact) mass is 293 g/mol. The van der Waals surface area contributed by atoms with Crippen LogP contribution < -0.4 is 10.6 Å². The first-order chi connectivity index (χ1) is 8.45. The van der Waals surface area contributed by atoms with Gasteiger partial charge in [-0.3, -0.25) is 4.99 Å². The number of nitrogens with one attached hydrogen (secondary N) is 2. The minimum absolute atomic E-state index is 0.291. The van der Waals surface area contributed by atoms with Crippen molar-refractivity contribution in [2.75, 3.05) is 33.5 Å². The molecule has 0 saturated carbocycles. The summed E-state index contributed by atoms with van der Waals surface area (Å²) in [6.07, 6.45) is 1.24. The maximum absolute atomic E-state index is 11.6. The van der Waals surface area contributed by atoms with Crippen molar-refractivity contribution in [2.24, 2.45) is 4.99 Å². The van der Waals surface area contributed by atoms with E-state index in [1.54, 1.807) is 28.0 Å². The van der Waals surface area contributed by atoms with Crippen molar-refractivity contribution in [1.29, 1.82) is 0 Å². The highest BCUT2D eigenvalue weighted by molar-refractivity contribution is 7.92. The highest BCUT2D eigenvalue weighted by Crippen LogP contribution is 2.13. The summed E-state index contributed by atoms with van der Waals surface area (Å²) in [6.45, 7) is 8.13. The lowest BCUT2D eigenvalue weighted by Gasteiger charge is -2.27. The summed E-state index contributed by atoms with van der Waals surface area (Å²) in [6, 6.07) is 0. The Hall–Kier alpha value is -0.820. The van der Waals surface area contributed by atoms with E-state index in [0.717, 1.165) is 0 Å². The molecule has 0 fully saturated rings. The Kier molecular flexibility index (Phi) is 6.28. The minimum atomic E-state index is -3.12. The molecule has 0 aliphatic rings. The normalized spacial score (nSPS) is 14.4. The van der Waals surface area contributed by atoms with Crippen molar-refractivity contribution in [3.8, 4) is 0 Å². The van der Waals surface area contributed by atoms with E-state index in [2.05, 4.69) is 15.6 Å². The molecule has 0 saturated heterocycles. The molecule has 0 amide bonds. The van der Waals surface area contributed by atoms with Gasteiger partial charge in [0.25, 0.3) is 0 Å². The Balaban J connectivity index is 4.47. The number of ether oxygens (including phenoxy) is 1. The average Bonchev–Trinajstić information content (AvgIpc) is 2.27. The van der Waals surface area contributed by atoms with E-state index >= 15 is 0 Å². The van der Waals surface area contributed by atoms with Crippen LogP contribution in [0.1, 0.15) is 27.7 Å². The largest absolute Gasteiger partial charge is 0.377 e. The van der Waals surface area contributed by atoms with Crippen molar-refractivity contribution >= 4 is 15.8 Å². The smallest absolute Gasteiger partial charge is 0.191 e. The number of hydrogen-bond acceptors (Lipinski definition) is 4. The molecule has 6 nitrogen and oxygen atoms in total. The molecule has 0 aliphatic heterocycles. The van der Waals surface area contributed by atoms with Gasteiger partial charge in [-0.15, -0.1) is 0 Å². The van der Waals surface area contributed by atoms with Crippen LogP contribution in [0.15, 0.2) is 4.99 Å². The summed E-state index contributed by atoms with van der Waals surface area (Å²) in [5.41, 5.74) is -0.316. The SMILES string of the molecule is CN=C(NCC(C)(C)OC)NCC(C)(C)S(C)(=O)=O. The molecule has 2 N–H and O–H groups in total. The topological polar surface area (TPSA) is 79.8 Å².